The molecule has 69 heavy (non-hydrogen) atoms. The smallest absolute Gasteiger partial charge is 0.149 e. The van der Waals surface area contributed by atoms with Crippen molar-refractivity contribution in [3.8, 4) is 67.5 Å². The van der Waals surface area contributed by atoms with Gasteiger partial charge in [0.25, 0.3) is 0 Å². The van der Waals surface area contributed by atoms with E-state index in [1.165, 1.54) is 0 Å². The van der Waals surface area contributed by atoms with Crippen LogP contribution in [0, 0.1) is 0 Å². The number of phenols is 1. The molecule has 0 aliphatic rings. The largest absolute Gasteiger partial charge is 0.507 e. The summed E-state index contributed by atoms with van der Waals surface area (Å²) in [5, 5.41) is 12.6. The minimum atomic E-state index is -3.31. The number of imidazole rings is 1. The van der Waals surface area contributed by atoms with Gasteiger partial charge in [0.15, 0.2) is 0 Å². The zero-order valence-electron chi connectivity index (χ0n) is 56.9. The first kappa shape index (κ1) is 34.1. The Morgan fingerprint density at radius 1 is 0.551 bits per heavy atom. The summed E-state index contributed by atoms with van der Waals surface area (Å²) in [4.78, 5) is 10.0. The van der Waals surface area contributed by atoms with Gasteiger partial charge in [-0.25, -0.2) is 4.98 Å². The summed E-state index contributed by atoms with van der Waals surface area (Å²) >= 11 is 0. The number of hydrogen-bond donors (Lipinski definition) is 1. The Bertz CT molecular complexity index is 3870. The van der Waals surface area contributed by atoms with Crippen molar-refractivity contribution in [3.63, 3.8) is 0 Å². The molecule has 0 spiro atoms. The molecule has 0 bridgehead atoms. The van der Waals surface area contributed by atoms with Crippen LogP contribution in [0.2, 0.25) is 0 Å². The van der Waals surface area contributed by atoms with Gasteiger partial charge < -0.3 is 5.11 Å². The fourth-order valence-electron chi connectivity index (χ4n) is 8.90. The van der Waals surface area contributed by atoms with Gasteiger partial charge in [-0.3, -0.25) is 9.55 Å². The summed E-state index contributed by atoms with van der Waals surface area (Å²) in [6, 6.07) is 25.0. The van der Waals surface area contributed by atoms with Gasteiger partial charge in [-0.05, 0) is 137 Å². The molecule has 8 rings (SSSR count). The van der Waals surface area contributed by atoms with Crippen molar-refractivity contribution in [1.29, 1.82) is 0 Å². The van der Waals surface area contributed by atoms with Crippen LogP contribution >= 0.6 is 0 Å². The molecule has 0 unspecified atom stereocenters. The van der Waals surface area contributed by atoms with E-state index in [1.54, 1.807) is 6.07 Å². The molecule has 0 atom stereocenters. The predicted octanol–water partition coefficient (Wildman–Crippen LogP) is 18.1. The highest BCUT2D eigenvalue weighted by atomic mass is 16.3. The second kappa shape index (κ2) is 17.6. The van der Waals surface area contributed by atoms with Crippen LogP contribution in [-0.4, -0.2) is 19.6 Å². The van der Waals surface area contributed by atoms with Crippen molar-refractivity contribution >= 4 is 11.0 Å². The van der Waals surface area contributed by atoms with Gasteiger partial charge in [-0.2, -0.15) is 0 Å². The van der Waals surface area contributed by atoms with Crippen LogP contribution in [0.5, 0.6) is 5.75 Å². The number of benzene rings is 6. The molecule has 0 fully saturated rings. The first-order valence-electron chi connectivity index (χ1n) is 30.7. The number of fused-ring (bicyclic) bond motifs is 1. The van der Waals surface area contributed by atoms with Crippen LogP contribution in [0.15, 0.2) is 133 Å². The first-order chi connectivity index (χ1) is 37.8. The lowest BCUT2D eigenvalue weighted by molar-refractivity contribution is 0.446. The summed E-state index contributed by atoms with van der Waals surface area (Å²) < 4.78 is 126. The Hall–Kier alpha value is -6.26. The first-order valence-corrected chi connectivity index (χ1v) is 23.7. The summed E-state index contributed by atoms with van der Waals surface area (Å²) in [6.45, 7) is 23.1. The van der Waals surface area contributed by atoms with Crippen LogP contribution in [0.1, 0.15) is 176 Å². The SMILES string of the molecule is [2H]c1nc(-c2cc(-c3cccc4c3nc(-c3cc(C(C)(C)C)cc(C(C)(C)C)c3O)n4-c3ccc(-c4ccccc4C(C)(C)C)c(C([2H])(C)C)c3)cc(C(C)(C)C)c2)c([2H])c(-c2c([2H])c([2H])c(C(C)(C([2H])([2H])[2H])C([2H])([2H])[2H])c([2H])c2[2H])c1[2H]. The molecule has 0 aliphatic heterocycles. The second-order valence-electron chi connectivity index (χ2n) is 23.0. The molecule has 0 saturated heterocycles. The lowest BCUT2D eigenvalue weighted by atomic mass is 9.79. The fraction of sp³-hybridized carbons (Fsp3) is 0.354. The zero-order chi connectivity index (χ0) is 62.2. The molecule has 4 heteroatoms. The normalized spacial score (nSPS) is 16.3. The number of hydrogen-bond acceptors (Lipinski definition) is 3. The van der Waals surface area contributed by atoms with Gasteiger partial charge in [0.05, 0.1) is 31.9 Å². The highest BCUT2D eigenvalue weighted by molar-refractivity contribution is 5.97. The maximum Gasteiger partial charge on any atom is 0.149 e. The Kier molecular flexibility index (Phi) is 8.70. The van der Waals surface area contributed by atoms with Crippen LogP contribution in [-0.2, 0) is 27.1 Å². The quantitative estimate of drug-likeness (QED) is 0.173. The molecular weight excluding hydrogens is 839 g/mol. The third-order valence-electron chi connectivity index (χ3n) is 12.9. The summed E-state index contributed by atoms with van der Waals surface area (Å²) in [6.07, 6.45) is -0.648. The Labute approximate surface area is 433 Å². The fourth-order valence-corrected chi connectivity index (χ4v) is 8.90. The van der Waals surface area contributed by atoms with Crippen molar-refractivity contribution in [1.82, 2.24) is 14.5 Å². The lowest BCUT2D eigenvalue weighted by Gasteiger charge is -2.28. The van der Waals surface area contributed by atoms with Crippen molar-refractivity contribution in [2.75, 3.05) is 0 Å². The van der Waals surface area contributed by atoms with Crippen molar-refractivity contribution in [2.45, 2.75) is 151 Å². The minimum absolute atomic E-state index is 0.0752. The van der Waals surface area contributed by atoms with E-state index in [2.05, 4.69) is 91.6 Å². The second-order valence-corrected chi connectivity index (χ2v) is 23.0. The third kappa shape index (κ3) is 9.83. The Morgan fingerprint density at radius 2 is 1.19 bits per heavy atom. The van der Waals surface area contributed by atoms with Gasteiger partial charge in [-0.1, -0.05) is 196 Å². The molecule has 1 N–H and O–H groups in total. The number of aromatic hydroxyl groups is 1. The number of phenolic OH excluding ortho intramolecular Hbond substituents is 1. The molecule has 0 aliphatic carbocycles. The molecule has 2 heterocycles. The zero-order valence-corrected chi connectivity index (χ0v) is 42.9. The van der Waals surface area contributed by atoms with E-state index in [0.717, 1.165) is 45.9 Å². The highest BCUT2D eigenvalue weighted by Gasteiger charge is 2.30. The summed E-state index contributed by atoms with van der Waals surface area (Å²) in [7, 11) is 0. The monoisotopic (exact) mass is 928 g/mol. The van der Waals surface area contributed by atoms with E-state index in [9.17, 15) is 10.6 Å². The molecule has 4 nitrogen and oxygen atoms in total. The molecule has 2 aromatic heterocycles. The molecule has 356 valence electrons. The van der Waals surface area contributed by atoms with Gasteiger partial charge in [-0.15, -0.1) is 0 Å². The maximum absolute atomic E-state index is 12.6. The van der Waals surface area contributed by atoms with Gasteiger partial charge in [0, 0.05) is 38.1 Å². The topological polar surface area (TPSA) is 50.9 Å². The molecule has 0 amide bonds. The van der Waals surface area contributed by atoms with Gasteiger partial charge in [0.1, 0.15) is 11.6 Å². The third-order valence-corrected chi connectivity index (χ3v) is 12.9. The van der Waals surface area contributed by atoms with Gasteiger partial charge in [0.2, 0.25) is 0 Å². The molecule has 8 aromatic rings. The maximum atomic E-state index is 12.6. The summed E-state index contributed by atoms with van der Waals surface area (Å²) in [5.41, 5.74) is 3.85. The van der Waals surface area contributed by atoms with Crippen LogP contribution in [0.4, 0.5) is 0 Å². The lowest BCUT2D eigenvalue weighted by Crippen LogP contribution is -2.17. The van der Waals surface area contributed by atoms with Gasteiger partial charge >= 0.3 is 0 Å². The molecular formula is C65H75N3O. The number of pyridine rings is 1. The van der Waals surface area contributed by atoms with Crippen molar-refractivity contribution in [2.24, 2.45) is 0 Å². The van der Waals surface area contributed by atoms with E-state index in [4.69, 9.17) is 18.7 Å². The molecule has 6 aromatic carbocycles. The average molecular weight is 928 g/mol. The number of para-hydroxylation sites is 1. The van der Waals surface area contributed by atoms with Crippen molar-refractivity contribution < 1.29 is 24.3 Å². The van der Waals surface area contributed by atoms with Crippen LogP contribution in [0.25, 0.3) is 72.7 Å². The van der Waals surface area contributed by atoms with E-state index in [0.29, 0.717) is 44.8 Å². The Morgan fingerprint density at radius 3 is 1.83 bits per heavy atom. The Balaban J connectivity index is 1.46. The number of rotatable bonds is 7. The average Bonchev–Trinajstić information content (AvgIpc) is 1.69. The van der Waals surface area contributed by atoms with E-state index in [-0.39, 0.29) is 22.3 Å². The number of aromatic nitrogens is 3. The van der Waals surface area contributed by atoms with E-state index in [1.807, 2.05) is 99.8 Å². The highest BCUT2D eigenvalue weighted by Crippen LogP contribution is 2.46. The van der Waals surface area contributed by atoms with Crippen LogP contribution < -0.4 is 0 Å². The predicted molar refractivity (Wildman–Crippen MR) is 295 cm³/mol. The summed E-state index contributed by atoms with van der Waals surface area (Å²) in [5.74, 6) is -0.566. The van der Waals surface area contributed by atoms with E-state index < -0.39 is 95.0 Å². The van der Waals surface area contributed by atoms with Crippen LogP contribution in [0.3, 0.4) is 0 Å². The molecule has 0 radical (unpaired) electrons. The van der Waals surface area contributed by atoms with Crippen molar-refractivity contribution in [3.05, 3.63) is 167 Å². The standard InChI is InChI=1S/C65H75N3O/c1-40(2)52-39-48(29-30-50(52)51-21-18-19-23-54(51)64(12,13)14)68-57-24-20-22-49(58(57)67-60(68)53-37-47(63(9,10)11)38-55(59(53)69)65(15,16)17)43-33-44(35-46(34-43)62(6,7)8)56-36-42(31-32-66-56)41-25-27-45(28-26-41)61(3,4)5/h18-40,69H,1-17H3/i3D3,4D3,25D,26D,27D,28D,31D,32D,36D,40D. The number of nitrogens with zero attached hydrogens (tertiary/aromatic N) is 3. The molecule has 0 saturated carbocycles. The van der Waals surface area contributed by atoms with E-state index >= 15 is 0 Å². The minimum Gasteiger partial charge on any atom is -0.507 e.